The zero-order chi connectivity index (χ0) is 10.3. The monoisotopic (exact) mass is 244 g/mol. The van der Waals surface area contributed by atoms with Gasteiger partial charge in [0.15, 0.2) is 6.49 Å². The van der Waals surface area contributed by atoms with Crippen molar-refractivity contribution in [2.45, 2.75) is 18.4 Å². The maximum atomic E-state index is 8.93. The molecular formula is C6H17O4PSSi. The van der Waals surface area contributed by atoms with Crippen LogP contribution in [0.2, 0.25) is 6.04 Å². The van der Waals surface area contributed by atoms with Crippen molar-refractivity contribution in [3.8, 4) is 0 Å². The Labute approximate surface area is 86.2 Å². The van der Waals surface area contributed by atoms with Crippen LogP contribution in [0.3, 0.4) is 0 Å². The average Bonchev–Trinajstić information content (AvgIpc) is 2.03. The highest BCUT2D eigenvalue weighted by atomic mass is 32.5. The Bertz CT molecular complexity index is 170. The summed E-state index contributed by atoms with van der Waals surface area (Å²) >= 11 is 4.50. The van der Waals surface area contributed by atoms with Gasteiger partial charge < -0.3 is 19.3 Å². The fourth-order valence-corrected chi connectivity index (χ4v) is 3.75. The molecule has 0 aromatic carbocycles. The molecule has 0 spiro atoms. The van der Waals surface area contributed by atoms with Crippen molar-refractivity contribution in [2.24, 2.45) is 0 Å². The molecule has 0 rings (SSSR count). The standard InChI is InChI=1S/C6H17O4PSSi/c1-9-6(10-2)13-5-3-4-11(7,8)12/h6H,3-5,13H2,1-2H3,(H2,7,8,12). The van der Waals surface area contributed by atoms with Crippen LogP contribution >= 0.6 is 6.49 Å². The normalized spacial score (nSPS) is 13.3. The van der Waals surface area contributed by atoms with Crippen molar-refractivity contribution in [1.82, 2.24) is 0 Å². The van der Waals surface area contributed by atoms with Gasteiger partial charge in [0.1, 0.15) is 5.91 Å². The molecule has 0 unspecified atom stereocenters. The predicted molar refractivity (Wildman–Crippen MR) is 59.4 cm³/mol. The summed E-state index contributed by atoms with van der Waals surface area (Å²) in [6.45, 7) is -2.97. The molecule has 0 aliphatic rings. The third kappa shape index (κ3) is 9.02. The molecule has 0 saturated heterocycles. The molecule has 0 fully saturated rings. The van der Waals surface area contributed by atoms with Gasteiger partial charge in [-0.2, -0.15) is 0 Å². The van der Waals surface area contributed by atoms with E-state index in [0.717, 1.165) is 12.5 Å². The summed E-state index contributed by atoms with van der Waals surface area (Å²) in [7, 11) is 2.79. The highest BCUT2D eigenvalue weighted by Crippen LogP contribution is 2.35. The summed E-state index contributed by atoms with van der Waals surface area (Å²) in [4.78, 5) is 17.9. The largest absolute Gasteiger partial charge is 0.360 e. The number of rotatable bonds is 7. The summed E-state index contributed by atoms with van der Waals surface area (Å²) in [6, 6.07) is 0.964. The first-order valence-electron chi connectivity index (χ1n) is 4.09. The fraction of sp³-hybridized carbons (Fsp3) is 1.00. The van der Waals surface area contributed by atoms with Crippen LogP contribution in [0.4, 0.5) is 0 Å². The molecule has 0 aliphatic carbocycles. The molecule has 0 aromatic heterocycles. The van der Waals surface area contributed by atoms with Crippen molar-refractivity contribution in [1.29, 1.82) is 0 Å². The SMILES string of the molecule is COC(OC)[SiH2]CCCP(O)(O)=S. The van der Waals surface area contributed by atoms with E-state index in [1.165, 1.54) is 0 Å². The van der Waals surface area contributed by atoms with Gasteiger partial charge in [-0.05, 0) is 18.2 Å². The van der Waals surface area contributed by atoms with Crippen molar-refractivity contribution >= 4 is 27.8 Å². The third-order valence-corrected chi connectivity index (χ3v) is 5.16. The summed E-state index contributed by atoms with van der Waals surface area (Å²) in [6.07, 6.45) is 1.11. The van der Waals surface area contributed by atoms with Crippen LogP contribution in [0.25, 0.3) is 0 Å². The number of hydrogen-bond donors (Lipinski definition) is 2. The molecule has 4 nitrogen and oxygen atoms in total. The molecule has 80 valence electrons. The molecule has 0 bridgehead atoms. The van der Waals surface area contributed by atoms with E-state index in [1.807, 2.05) is 0 Å². The fourth-order valence-electron chi connectivity index (χ4n) is 0.961. The van der Waals surface area contributed by atoms with Gasteiger partial charge in [-0.15, -0.1) is 0 Å². The van der Waals surface area contributed by atoms with Gasteiger partial charge in [0, 0.05) is 20.4 Å². The molecule has 2 N–H and O–H groups in total. The Morgan fingerprint density at radius 1 is 1.38 bits per heavy atom. The molecule has 0 saturated carbocycles. The van der Waals surface area contributed by atoms with Crippen LogP contribution in [-0.2, 0) is 21.3 Å². The van der Waals surface area contributed by atoms with Gasteiger partial charge in [-0.3, -0.25) is 0 Å². The Hall–Kier alpha value is 0.707. The number of methoxy groups -OCH3 is 2. The van der Waals surface area contributed by atoms with Crippen molar-refractivity contribution in [2.75, 3.05) is 20.4 Å². The molecule has 0 aromatic rings. The van der Waals surface area contributed by atoms with E-state index in [1.54, 1.807) is 14.2 Å². The number of hydrogen-bond acceptors (Lipinski definition) is 3. The Morgan fingerprint density at radius 3 is 2.31 bits per heavy atom. The van der Waals surface area contributed by atoms with Crippen LogP contribution in [0.5, 0.6) is 0 Å². The highest BCUT2D eigenvalue weighted by Gasteiger charge is 2.09. The van der Waals surface area contributed by atoms with Crippen LogP contribution < -0.4 is 0 Å². The lowest BCUT2D eigenvalue weighted by molar-refractivity contribution is -0.0441. The highest BCUT2D eigenvalue weighted by molar-refractivity contribution is 8.09. The van der Waals surface area contributed by atoms with Crippen LogP contribution in [0, 0.1) is 0 Å². The first-order valence-corrected chi connectivity index (χ1v) is 8.80. The number of ether oxygens (including phenoxy) is 2. The first-order chi connectivity index (χ1) is 5.99. The van der Waals surface area contributed by atoms with Gasteiger partial charge in [0.25, 0.3) is 0 Å². The van der Waals surface area contributed by atoms with Gasteiger partial charge in [0.05, 0.1) is 9.52 Å². The van der Waals surface area contributed by atoms with Crippen molar-refractivity contribution in [3.63, 3.8) is 0 Å². The quantitative estimate of drug-likeness (QED) is 0.282. The van der Waals surface area contributed by atoms with E-state index < -0.39 is 16.0 Å². The molecule has 13 heavy (non-hydrogen) atoms. The second-order valence-electron chi connectivity index (χ2n) is 2.79. The Balaban J connectivity index is 3.40. The van der Waals surface area contributed by atoms with Gasteiger partial charge >= 0.3 is 0 Å². The molecule has 0 radical (unpaired) electrons. The lowest BCUT2D eigenvalue weighted by atomic mass is 10.6. The van der Waals surface area contributed by atoms with E-state index in [0.29, 0.717) is 6.16 Å². The summed E-state index contributed by atoms with van der Waals surface area (Å²) in [5, 5.41) is 0. The van der Waals surface area contributed by atoms with Gasteiger partial charge in [0.2, 0.25) is 0 Å². The summed E-state index contributed by atoms with van der Waals surface area (Å²) in [5.74, 6) is -0.0600. The Kier molecular flexibility index (Phi) is 7.44. The molecular weight excluding hydrogens is 227 g/mol. The summed E-state index contributed by atoms with van der Waals surface area (Å²) in [5.41, 5.74) is 0. The summed E-state index contributed by atoms with van der Waals surface area (Å²) < 4.78 is 10.1. The van der Waals surface area contributed by atoms with E-state index >= 15 is 0 Å². The zero-order valence-electron chi connectivity index (χ0n) is 7.97. The predicted octanol–water partition coefficient (Wildman–Crippen LogP) is -0.166. The topological polar surface area (TPSA) is 58.9 Å². The Morgan fingerprint density at radius 2 is 1.92 bits per heavy atom. The lowest BCUT2D eigenvalue weighted by Gasteiger charge is -2.12. The van der Waals surface area contributed by atoms with E-state index in [9.17, 15) is 0 Å². The molecule has 0 aliphatic heterocycles. The first kappa shape index (κ1) is 13.7. The van der Waals surface area contributed by atoms with Crippen molar-refractivity contribution in [3.05, 3.63) is 0 Å². The maximum Gasteiger partial charge on any atom is 0.183 e. The van der Waals surface area contributed by atoms with Crippen LogP contribution in [-0.4, -0.2) is 45.6 Å². The molecule has 0 amide bonds. The van der Waals surface area contributed by atoms with Crippen LogP contribution in [0.15, 0.2) is 0 Å². The van der Waals surface area contributed by atoms with Crippen molar-refractivity contribution < 1.29 is 19.3 Å². The zero-order valence-corrected chi connectivity index (χ0v) is 11.1. The molecule has 7 heteroatoms. The minimum Gasteiger partial charge on any atom is -0.360 e. The second kappa shape index (κ2) is 7.06. The minimum absolute atomic E-state index is 0.0600. The van der Waals surface area contributed by atoms with E-state index in [-0.39, 0.29) is 5.91 Å². The molecule has 0 atom stereocenters. The van der Waals surface area contributed by atoms with E-state index in [2.05, 4.69) is 11.8 Å². The van der Waals surface area contributed by atoms with E-state index in [4.69, 9.17) is 19.3 Å². The smallest absolute Gasteiger partial charge is 0.183 e. The lowest BCUT2D eigenvalue weighted by Crippen LogP contribution is -2.21. The third-order valence-electron chi connectivity index (χ3n) is 1.67. The maximum absolute atomic E-state index is 8.93. The van der Waals surface area contributed by atoms with Gasteiger partial charge in [-0.25, -0.2) is 0 Å². The van der Waals surface area contributed by atoms with Gasteiger partial charge in [-0.1, -0.05) is 6.04 Å². The second-order valence-corrected chi connectivity index (χ2v) is 8.27. The molecule has 0 heterocycles. The average molecular weight is 244 g/mol. The van der Waals surface area contributed by atoms with Crippen LogP contribution in [0.1, 0.15) is 6.42 Å². The minimum atomic E-state index is -2.97.